The summed E-state index contributed by atoms with van der Waals surface area (Å²) in [5.41, 5.74) is 1.26. The molecule has 1 unspecified atom stereocenters. The lowest BCUT2D eigenvalue weighted by Gasteiger charge is -2.23. The van der Waals surface area contributed by atoms with Crippen LogP contribution in [-0.2, 0) is 16.6 Å². The van der Waals surface area contributed by atoms with Gasteiger partial charge in [0.25, 0.3) is 5.69 Å². The maximum absolute atomic E-state index is 11.5. The van der Waals surface area contributed by atoms with E-state index in [1.807, 2.05) is 37.3 Å². The second-order valence-electron chi connectivity index (χ2n) is 5.00. The monoisotopic (exact) mass is 269 g/mol. The highest BCUT2D eigenvalue weighted by Crippen LogP contribution is 2.26. The number of aldehydes is 1. The summed E-state index contributed by atoms with van der Waals surface area (Å²) in [5.74, 6) is 0. The van der Waals surface area contributed by atoms with Gasteiger partial charge in [0.05, 0.1) is 10.3 Å². The minimum Gasteiger partial charge on any atom is -0.302 e. The van der Waals surface area contributed by atoms with Crippen molar-refractivity contribution >= 4 is 12.0 Å². The first kappa shape index (κ1) is 13.9. The predicted octanol–water partition coefficient (Wildman–Crippen LogP) is 3.29. The van der Waals surface area contributed by atoms with Gasteiger partial charge in [-0.05, 0) is 24.5 Å². The number of nitrogens with zero attached hydrogens (tertiary/aromatic N) is 1. The molecule has 1 atom stereocenters. The smallest absolute Gasteiger partial charge is 0.269 e. The number of benzene rings is 2. The standard InChI is InChI=1S/C16H15NO3/c1-16(12-18,14-5-3-2-4-6-14)11-13-7-9-15(10-8-13)17(19)20/h2-10,12H,11H2,1H3. The Balaban J connectivity index is 2.26. The number of nitro benzene ring substituents is 1. The number of hydrogen-bond acceptors (Lipinski definition) is 3. The summed E-state index contributed by atoms with van der Waals surface area (Å²) in [6.07, 6.45) is 1.45. The third-order valence-corrected chi connectivity index (χ3v) is 3.41. The van der Waals surface area contributed by atoms with E-state index in [4.69, 9.17) is 0 Å². The van der Waals surface area contributed by atoms with Crippen molar-refractivity contribution in [2.75, 3.05) is 0 Å². The van der Waals surface area contributed by atoms with Gasteiger partial charge in [0, 0.05) is 12.1 Å². The lowest BCUT2D eigenvalue weighted by Crippen LogP contribution is -2.26. The average molecular weight is 269 g/mol. The molecular weight excluding hydrogens is 254 g/mol. The van der Waals surface area contributed by atoms with Gasteiger partial charge < -0.3 is 4.79 Å². The number of non-ortho nitro benzene ring substituents is 1. The summed E-state index contributed by atoms with van der Waals surface area (Å²) in [6, 6.07) is 15.8. The normalized spacial score (nSPS) is 13.4. The van der Waals surface area contributed by atoms with E-state index in [0.29, 0.717) is 6.42 Å². The van der Waals surface area contributed by atoms with Crippen molar-refractivity contribution in [2.24, 2.45) is 0 Å². The topological polar surface area (TPSA) is 60.2 Å². The van der Waals surface area contributed by atoms with E-state index in [1.165, 1.54) is 12.1 Å². The minimum absolute atomic E-state index is 0.0567. The molecule has 2 aromatic rings. The van der Waals surface area contributed by atoms with E-state index in [1.54, 1.807) is 12.1 Å². The lowest BCUT2D eigenvalue weighted by atomic mass is 9.79. The van der Waals surface area contributed by atoms with Crippen LogP contribution in [0, 0.1) is 10.1 Å². The molecule has 0 aliphatic carbocycles. The average Bonchev–Trinajstić information content (AvgIpc) is 2.48. The van der Waals surface area contributed by atoms with Gasteiger partial charge in [-0.25, -0.2) is 0 Å². The zero-order chi connectivity index (χ0) is 14.6. The first-order chi connectivity index (χ1) is 9.55. The van der Waals surface area contributed by atoms with Crippen LogP contribution in [0.1, 0.15) is 18.1 Å². The third kappa shape index (κ3) is 2.91. The zero-order valence-electron chi connectivity index (χ0n) is 11.2. The Labute approximate surface area is 117 Å². The Hall–Kier alpha value is -2.49. The fraction of sp³-hybridized carbons (Fsp3) is 0.188. The van der Waals surface area contributed by atoms with Crippen LogP contribution < -0.4 is 0 Å². The molecule has 0 fully saturated rings. The molecule has 0 aliphatic heterocycles. The van der Waals surface area contributed by atoms with Crippen LogP contribution in [0.4, 0.5) is 5.69 Å². The van der Waals surface area contributed by atoms with Crippen LogP contribution in [0.5, 0.6) is 0 Å². The van der Waals surface area contributed by atoms with E-state index in [2.05, 4.69) is 0 Å². The summed E-state index contributed by atoms with van der Waals surface area (Å²) >= 11 is 0. The van der Waals surface area contributed by atoms with Crippen molar-refractivity contribution in [3.63, 3.8) is 0 Å². The molecule has 102 valence electrons. The molecule has 0 heterocycles. The van der Waals surface area contributed by atoms with Crippen LogP contribution >= 0.6 is 0 Å². The highest BCUT2D eigenvalue weighted by atomic mass is 16.6. The molecule has 4 heteroatoms. The molecule has 0 radical (unpaired) electrons. The molecule has 0 N–H and O–H groups in total. The summed E-state index contributed by atoms with van der Waals surface area (Å²) in [4.78, 5) is 21.7. The molecule has 0 saturated heterocycles. The van der Waals surface area contributed by atoms with E-state index in [0.717, 1.165) is 17.4 Å². The van der Waals surface area contributed by atoms with Crippen molar-refractivity contribution in [3.05, 3.63) is 75.8 Å². The van der Waals surface area contributed by atoms with Crippen molar-refractivity contribution < 1.29 is 9.72 Å². The number of nitro groups is 1. The van der Waals surface area contributed by atoms with E-state index < -0.39 is 10.3 Å². The van der Waals surface area contributed by atoms with Crippen molar-refractivity contribution in [1.82, 2.24) is 0 Å². The number of rotatable bonds is 5. The molecule has 0 spiro atoms. The lowest BCUT2D eigenvalue weighted by molar-refractivity contribution is -0.384. The summed E-state index contributed by atoms with van der Waals surface area (Å²) < 4.78 is 0. The Kier molecular flexibility index (Phi) is 3.94. The molecule has 0 bridgehead atoms. The Morgan fingerprint density at radius 1 is 1.10 bits per heavy atom. The Morgan fingerprint density at radius 3 is 2.20 bits per heavy atom. The molecule has 20 heavy (non-hydrogen) atoms. The van der Waals surface area contributed by atoms with E-state index in [9.17, 15) is 14.9 Å². The highest BCUT2D eigenvalue weighted by Gasteiger charge is 2.26. The molecule has 2 aromatic carbocycles. The Bertz CT molecular complexity index is 607. The SMILES string of the molecule is CC(C=O)(Cc1ccc([N+](=O)[O-])cc1)c1ccccc1. The Morgan fingerprint density at radius 2 is 1.70 bits per heavy atom. The van der Waals surface area contributed by atoms with Crippen molar-refractivity contribution in [3.8, 4) is 0 Å². The highest BCUT2D eigenvalue weighted by molar-refractivity contribution is 5.68. The molecule has 4 nitrogen and oxygen atoms in total. The van der Waals surface area contributed by atoms with Gasteiger partial charge in [-0.3, -0.25) is 10.1 Å². The van der Waals surface area contributed by atoms with Crippen LogP contribution in [-0.4, -0.2) is 11.2 Å². The zero-order valence-corrected chi connectivity index (χ0v) is 11.2. The van der Waals surface area contributed by atoms with Crippen LogP contribution in [0.3, 0.4) is 0 Å². The van der Waals surface area contributed by atoms with Crippen molar-refractivity contribution in [2.45, 2.75) is 18.8 Å². The number of carbonyl (C=O) groups is 1. The van der Waals surface area contributed by atoms with Gasteiger partial charge >= 0.3 is 0 Å². The molecule has 0 amide bonds. The molecule has 0 aromatic heterocycles. The van der Waals surface area contributed by atoms with Crippen LogP contribution in [0.2, 0.25) is 0 Å². The number of hydrogen-bond donors (Lipinski definition) is 0. The van der Waals surface area contributed by atoms with Crippen LogP contribution in [0.25, 0.3) is 0 Å². The summed E-state index contributed by atoms with van der Waals surface area (Å²) in [7, 11) is 0. The van der Waals surface area contributed by atoms with Crippen molar-refractivity contribution in [1.29, 1.82) is 0 Å². The third-order valence-electron chi connectivity index (χ3n) is 3.41. The second kappa shape index (κ2) is 5.65. The second-order valence-corrected chi connectivity index (χ2v) is 5.00. The first-order valence-electron chi connectivity index (χ1n) is 6.30. The van der Waals surface area contributed by atoms with Crippen LogP contribution in [0.15, 0.2) is 54.6 Å². The van der Waals surface area contributed by atoms with Gasteiger partial charge in [0.15, 0.2) is 0 Å². The maximum Gasteiger partial charge on any atom is 0.269 e. The summed E-state index contributed by atoms with van der Waals surface area (Å²) in [5, 5.41) is 10.6. The van der Waals surface area contributed by atoms with Gasteiger partial charge in [-0.1, -0.05) is 42.5 Å². The largest absolute Gasteiger partial charge is 0.302 e. The fourth-order valence-electron chi connectivity index (χ4n) is 2.19. The molecular formula is C16H15NO3. The van der Waals surface area contributed by atoms with Gasteiger partial charge in [-0.15, -0.1) is 0 Å². The van der Waals surface area contributed by atoms with Gasteiger partial charge in [0.2, 0.25) is 0 Å². The van der Waals surface area contributed by atoms with E-state index >= 15 is 0 Å². The minimum atomic E-state index is -0.628. The quantitative estimate of drug-likeness (QED) is 0.475. The molecule has 2 rings (SSSR count). The van der Waals surface area contributed by atoms with Gasteiger partial charge in [0.1, 0.15) is 6.29 Å². The maximum atomic E-state index is 11.5. The molecule has 0 aliphatic rings. The fourth-order valence-corrected chi connectivity index (χ4v) is 2.19. The van der Waals surface area contributed by atoms with Gasteiger partial charge in [-0.2, -0.15) is 0 Å². The van der Waals surface area contributed by atoms with E-state index in [-0.39, 0.29) is 5.69 Å². The first-order valence-corrected chi connectivity index (χ1v) is 6.30. The molecule has 0 saturated carbocycles. The summed E-state index contributed by atoms with van der Waals surface area (Å²) in [6.45, 7) is 1.87. The predicted molar refractivity (Wildman–Crippen MR) is 76.7 cm³/mol. The number of carbonyl (C=O) groups excluding carboxylic acids is 1.